The Morgan fingerprint density at radius 2 is 2.15 bits per heavy atom. The van der Waals surface area contributed by atoms with Gasteiger partial charge in [0.1, 0.15) is 12.1 Å². The summed E-state index contributed by atoms with van der Waals surface area (Å²) >= 11 is 8.70. The van der Waals surface area contributed by atoms with Gasteiger partial charge in [-0.1, -0.05) is 49.5 Å². The van der Waals surface area contributed by atoms with Gasteiger partial charge < -0.3 is 4.52 Å². The third-order valence-electron chi connectivity index (χ3n) is 4.76. The van der Waals surface area contributed by atoms with Crippen LogP contribution in [0.2, 0.25) is 0 Å². The van der Waals surface area contributed by atoms with Gasteiger partial charge in [0, 0.05) is 6.42 Å². The number of thiocarbonyl (C=S) groups is 1. The first-order chi connectivity index (χ1) is 13.1. The zero-order valence-corrected chi connectivity index (χ0v) is 17.2. The molecule has 0 spiro atoms. The summed E-state index contributed by atoms with van der Waals surface area (Å²) in [7, 11) is 0. The van der Waals surface area contributed by atoms with E-state index in [0.29, 0.717) is 33.8 Å². The lowest BCUT2D eigenvalue weighted by Gasteiger charge is -2.21. The van der Waals surface area contributed by atoms with Gasteiger partial charge in [0.05, 0.1) is 21.4 Å². The lowest BCUT2D eigenvalue weighted by Crippen LogP contribution is -2.22. The van der Waals surface area contributed by atoms with Gasteiger partial charge in [-0.05, 0) is 51.3 Å². The molecule has 144 valence electrons. The molecule has 2 N–H and O–H groups in total. The summed E-state index contributed by atoms with van der Waals surface area (Å²) in [6, 6.07) is 4.33. The van der Waals surface area contributed by atoms with Crippen molar-refractivity contribution in [2.75, 3.05) is 0 Å². The normalized spacial score (nSPS) is 15.7. The van der Waals surface area contributed by atoms with E-state index in [1.165, 1.54) is 56.6 Å². The van der Waals surface area contributed by atoms with Gasteiger partial charge in [-0.2, -0.15) is 0 Å². The van der Waals surface area contributed by atoms with Crippen molar-refractivity contribution in [2.45, 2.75) is 44.9 Å². The molecule has 1 fully saturated rings. The topological polar surface area (TPSA) is 70.7 Å². The second-order valence-electron chi connectivity index (χ2n) is 6.77. The van der Waals surface area contributed by atoms with Crippen LogP contribution >= 0.6 is 28.1 Å². The van der Waals surface area contributed by atoms with Gasteiger partial charge in [-0.25, -0.2) is 9.38 Å². The van der Waals surface area contributed by atoms with Crippen molar-refractivity contribution < 1.29 is 14.1 Å². The predicted molar refractivity (Wildman–Crippen MR) is 109 cm³/mol. The largest absolute Gasteiger partial charge is 0.364 e. The summed E-state index contributed by atoms with van der Waals surface area (Å²) in [6.07, 6.45) is 9.16. The third-order valence-corrected chi connectivity index (χ3v) is 5.67. The number of rotatable bonds is 6. The Hall–Kier alpha value is -1.64. The maximum atomic E-state index is 13.4. The molecule has 8 heteroatoms. The first-order valence-electron chi connectivity index (χ1n) is 8.96. The summed E-state index contributed by atoms with van der Waals surface area (Å²) in [4.78, 5) is 5.25. The number of halogens is 2. The van der Waals surface area contributed by atoms with Crippen molar-refractivity contribution in [3.63, 3.8) is 0 Å². The molecule has 1 aliphatic rings. The zero-order valence-electron chi connectivity index (χ0n) is 14.8. The number of nitrogens with one attached hydrogen (secondary N) is 1. The Kier molecular flexibility index (Phi) is 7.09. The van der Waals surface area contributed by atoms with Gasteiger partial charge in [-0.15, -0.1) is 0 Å². The van der Waals surface area contributed by atoms with Crippen molar-refractivity contribution in [1.82, 2.24) is 10.6 Å². The molecule has 0 saturated heterocycles. The smallest absolute Gasteiger partial charge is 0.162 e. The maximum absolute atomic E-state index is 13.4. The SMILES string of the molecule is ONC(=Nc1ccc(F)c(Br)c1)c1conc1CC(=S)CC1CCCCC1. The monoisotopic (exact) mass is 453 g/mol. The van der Waals surface area contributed by atoms with Gasteiger partial charge in [0.15, 0.2) is 5.84 Å². The lowest BCUT2D eigenvalue weighted by molar-refractivity contribution is 0.235. The van der Waals surface area contributed by atoms with Gasteiger partial charge in [0.2, 0.25) is 0 Å². The fourth-order valence-electron chi connectivity index (χ4n) is 3.38. The van der Waals surface area contributed by atoms with Crippen LogP contribution in [0.1, 0.15) is 49.8 Å². The van der Waals surface area contributed by atoms with Crippen LogP contribution in [0, 0.1) is 11.7 Å². The molecule has 0 radical (unpaired) electrons. The number of aliphatic imine (C=N–C) groups is 1. The highest BCUT2D eigenvalue weighted by Crippen LogP contribution is 2.28. The average Bonchev–Trinajstić information content (AvgIpc) is 3.11. The zero-order chi connectivity index (χ0) is 19.2. The van der Waals surface area contributed by atoms with Crippen LogP contribution in [0.15, 0.2) is 38.5 Å². The fraction of sp³-hybridized carbons (Fsp3) is 0.421. The van der Waals surface area contributed by atoms with Crippen LogP contribution in [0.25, 0.3) is 0 Å². The number of benzene rings is 1. The van der Waals surface area contributed by atoms with Crippen molar-refractivity contribution >= 4 is 44.5 Å². The molecule has 0 bridgehead atoms. The molecule has 1 aromatic carbocycles. The van der Waals surface area contributed by atoms with Gasteiger partial charge in [0.25, 0.3) is 0 Å². The third kappa shape index (κ3) is 5.43. The second-order valence-corrected chi connectivity index (χ2v) is 8.20. The Balaban J connectivity index is 1.74. The molecule has 5 nitrogen and oxygen atoms in total. The highest BCUT2D eigenvalue weighted by Gasteiger charge is 2.19. The van der Waals surface area contributed by atoms with Crippen LogP contribution in [0.3, 0.4) is 0 Å². The number of hydrogen-bond acceptors (Lipinski definition) is 5. The molecule has 1 saturated carbocycles. The molecule has 0 amide bonds. The molecule has 1 aromatic heterocycles. The molecule has 1 aliphatic carbocycles. The highest BCUT2D eigenvalue weighted by atomic mass is 79.9. The first-order valence-corrected chi connectivity index (χ1v) is 10.2. The maximum Gasteiger partial charge on any atom is 0.162 e. The second kappa shape index (κ2) is 9.52. The fourth-order valence-corrected chi connectivity index (χ4v) is 4.12. The van der Waals surface area contributed by atoms with Crippen molar-refractivity contribution in [2.24, 2.45) is 10.9 Å². The molecule has 2 aromatic rings. The van der Waals surface area contributed by atoms with Crippen molar-refractivity contribution in [1.29, 1.82) is 0 Å². The van der Waals surface area contributed by atoms with E-state index in [4.69, 9.17) is 16.7 Å². The number of nitrogens with zero attached hydrogens (tertiary/aromatic N) is 2. The average molecular weight is 454 g/mol. The van der Waals surface area contributed by atoms with Crippen LogP contribution in [0.5, 0.6) is 0 Å². The molecule has 27 heavy (non-hydrogen) atoms. The van der Waals surface area contributed by atoms with Crippen LogP contribution in [-0.2, 0) is 6.42 Å². The number of aromatic nitrogens is 1. The molecule has 0 unspecified atom stereocenters. The van der Waals surface area contributed by atoms with Gasteiger partial charge >= 0.3 is 0 Å². The molecule has 1 heterocycles. The van der Waals surface area contributed by atoms with Crippen LogP contribution in [-0.4, -0.2) is 21.1 Å². The standard InChI is InChI=1S/C19H21BrFN3O2S/c20-16-9-13(6-7-17(16)21)22-19(23-25)15-11-26-24-18(15)10-14(27)8-12-4-2-1-3-5-12/h6-7,9,11-12,25H,1-5,8,10H2,(H,22,23). The predicted octanol–water partition coefficient (Wildman–Crippen LogP) is 5.52. The first kappa shape index (κ1) is 20.1. The van der Waals surface area contributed by atoms with E-state index in [2.05, 4.69) is 31.6 Å². The summed E-state index contributed by atoms with van der Waals surface area (Å²) < 4.78 is 18.8. The van der Waals surface area contributed by atoms with E-state index < -0.39 is 0 Å². The van der Waals surface area contributed by atoms with E-state index in [9.17, 15) is 9.60 Å². The summed E-state index contributed by atoms with van der Waals surface area (Å²) in [5.41, 5.74) is 3.70. The molecule has 3 rings (SSSR count). The Morgan fingerprint density at radius 1 is 1.37 bits per heavy atom. The van der Waals surface area contributed by atoms with Crippen molar-refractivity contribution in [3.8, 4) is 0 Å². The molecular weight excluding hydrogens is 433 g/mol. The number of hydrogen-bond donors (Lipinski definition) is 2. The molecule has 0 atom stereocenters. The van der Waals surface area contributed by atoms with E-state index in [1.54, 1.807) is 0 Å². The molecule has 0 aliphatic heterocycles. The van der Waals surface area contributed by atoms with E-state index >= 15 is 0 Å². The van der Waals surface area contributed by atoms with Crippen molar-refractivity contribution in [3.05, 3.63) is 46.0 Å². The van der Waals surface area contributed by atoms with E-state index in [1.807, 2.05) is 0 Å². The van der Waals surface area contributed by atoms with Gasteiger partial charge in [-0.3, -0.25) is 10.7 Å². The summed E-state index contributed by atoms with van der Waals surface area (Å²) in [5, 5.41) is 13.6. The Morgan fingerprint density at radius 3 is 2.85 bits per heavy atom. The van der Waals surface area contributed by atoms with Crippen LogP contribution in [0.4, 0.5) is 10.1 Å². The minimum atomic E-state index is -0.383. The number of amidine groups is 1. The van der Waals surface area contributed by atoms with Crippen LogP contribution < -0.4 is 5.48 Å². The summed E-state index contributed by atoms with van der Waals surface area (Å²) in [5.74, 6) is 0.443. The lowest BCUT2D eigenvalue weighted by atomic mass is 9.85. The minimum absolute atomic E-state index is 0.172. The number of hydroxylamine groups is 1. The van der Waals surface area contributed by atoms with E-state index in [-0.39, 0.29) is 11.7 Å². The molecular formula is C19H21BrFN3O2S. The van der Waals surface area contributed by atoms with E-state index in [0.717, 1.165) is 11.3 Å². The Bertz CT molecular complexity index is 834. The summed E-state index contributed by atoms with van der Waals surface area (Å²) in [6.45, 7) is 0. The highest BCUT2D eigenvalue weighted by molar-refractivity contribution is 9.10. The minimum Gasteiger partial charge on any atom is -0.364 e. The quantitative estimate of drug-likeness (QED) is 0.261. The Labute approximate surface area is 171 Å².